The highest BCUT2D eigenvalue weighted by atomic mass is 16.5. The number of piperidine rings is 1. The smallest absolute Gasteiger partial charge is 0.227 e. The normalized spacial score (nSPS) is 21.4. The van der Waals surface area contributed by atoms with Crippen molar-refractivity contribution in [3.63, 3.8) is 0 Å². The van der Waals surface area contributed by atoms with Gasteiger partial charge >= 0.3 is 0 Å². The molecule has 0 radical (unpaired) electrons. The predicted octanol–water partition coefficient (Wildman–Crippen LogP) is 1.71. The van der Waals surface area contributed by atoms with Crippen LogP contribution in [0.5, 0.6) is 0 Å². The van der Waals surface area contributed by atoms with E-state index < -0.39 is 0 Å². The van der Waals surface area contributed by atoms with Crippen LogP contribution in [-0.2, 0) is 11.3 Å². The summed E-state index contributed by atoms with van der Waals surface area (Å²) in [4.78, 5) is 16.2. The Morgan fingerprint density at radius 3 is 2.89 bits per heavy atom. The molecule has 0 N–H and O–H groups in total. The molecular weight excluding hydrogens is 344 g/mol. The molecule has 4 rings (SSSR count). The summed E-state index contributed by atoms with van der Waals surface area (Å²) in [5, 5.41) is 4.13. The summed E-state index contributed by atoms with van der Waals surface area (Å²) in [6.45, 7) is 8.04. The summed E-state index contributed by atoms with van der Waals surface area (Å²) in [6, 6.07) is 4.45. The van der Waals surface area contributed by atoms with Crippen molar-refractivity contribution in [2.24, 2.45) is 0 Å². The van der Waals surface area contributed by atoms with E-state index in [0.29, 0.717) is 6.04 Å². The van der Waals surface area contributed by atoms with Gasteiger partial charge in [-0.2, -0.15) is 4.98 Å². The lowest BCUT2D eigenvalue weighted by atomic mass is 10.0. The number of nitrogens with zero attached hydrogens (tertiary/aromatic N) is 6. The molecule has 0 aliphatic carbocycles. The first kappa shape index (κ1) is 18.2. The van der Waals surface area contributed by atoms with Gasteiger partial charge < -0.3 is 19.1 Å². The molecule has 0 amide bonds. The summed E-state index contributed by atoms with van der Waals surface area (Å²) in [6.07, 6.45) is 4.21. The Morgan fingerprint density at radius 2 is 2.11 bits per heavy atom. The molecule has 0 bridgehead atoms. The zero-order chi connectivity index (χ0) is 18.6. The van der Waals surface area contributed by atoms with Gasteiger partial charge in [-0.05, 0) is 32.4 Å². The van der Waals surface area contributed by atoms with E-state index in [2.05, 4.69) is 31.9 Å². The summed E-state index contributed by atoms with van der Waals surface area (Å²) in [5.41, 5.74) is 1.01. The monoisotopic (exact) mass is 372 g/mol. The van der Waals surface area contributed by atoms with Crippen LogP contribution < -0.4 is 9.80 Å². The van der Waals surface area contributed by atoms with Crippen molar-refractivity contribution in [3.8, 4) is 0 Å². The van der Waals surface area contributed by atoms with Crippen molar-refractivity contribution in [2.45, 2.75) is 32.4 Å². The molecule has 2 aliphatic rings. The van der Waals surface area contributed by atoms with E-state index in [4.69, 9.17) is 14.2 Å². The maximum atomic E-state index is 5.43. The molecule has 2 aromatic rings. The third-order valence-electron chi connectivity index (χ3n) is 5.37. The van der Waals surface area contributed by atoms with Crippen LogP contribution in [0.15, 0.2) is 22.9 Å². The number of aryl methyl sites for hydroxylation is 1. The van der Waals surface area contributed by atoms with Gasteiger partial charge in [0, 0.05) is 51.5 Å². The number of likely N-dealkylation sites (N-methyl/N-ethyl adjacent to an activating group) is 1. The first-order valence-corrected chi connectivity index (χ1v) is 9.72. The fourth-order valence-corrected chi connectivity index (χ4v) is 3.85. The van der Waals surface area contributed by atoms with Crippen LogP contribution in [-0.4, -0.2) is 72.5 Å². The molecule has 0 saturated carbocycles. The molecule has 2 saturated heterocycles. The van der Waals surface area contributed by atoms with Gasteiger partial charge in [0.1, 0.15) is 11.6 Å². The van der Waals surface area contributed by atoms with E-state index in [1.54, 1.807) is 0 Å². The van der Waals surface area contributed by atoms with Crippen LogP contribution >= 0.6 is 0 Å². The van der Waals surface area contributed by atoms with Gasteiger partial charge in [0.25, 0.3) is 0 Å². The number of hydrogen-bond donors (Lipinski definition) is 0. The summed E-state index contributed by atoms with van der Waals surface area (Å²) < 4.78 is 10.6. The molecule has 27 heavy (non-hydrogen) atoms. The fourth-order valence-electron chi connectivity index (χ4n) is 3.85. The van der Waals surface area contributed by atoms with Crippen molar-refractivity contribution >= 4 is 11.8 Å². The third kappa shape index (κ3) is 4.39. The first-order valence-electron chi connectivity index (χ1n) is 9.72. The Bertz CT molecular complexity index is 745. The number of ether oxygens (including phenoxy) is 1. The second kappa shape index (κ2) is 8.22. The van der Waals surface area contributed by atoms with E-state index in [9.17, 15) is 0 Å². The molecule has 0 aromatic carbocycles. The minimum atomic E-state index is 0.430. The second-order valence-corrected chi connectivity index (χ2v) is 7.39. The number of morpholine rings is 1. The number of anilines is 2. The van der Waals surface area contributed by atoms with Crippen LogP contribution in [0.1, 0.15) is 24.3 Å². The van der Waals surface area contributed by atoms with Crippen LogP contribution in [0.3, 0.4) is 0 Å². The predicted molar refractivity (Wildman–Crippen MR) is 103 cm³/mol. The SMILES string of the molecule is Cc1cc(CN2CCCC(N(C)c3ccnc(N4CCOCC4)n3)C2)no1. The van der Waals surface area contributed by atoms with Gasteiger partial charge in [0.05, 0.1) is 18.9 Å². The summed E-state index contributed by atoms with van der Waals surface area (Å²) in [5.74, 6) is 2.65. The maximum Gasteiger partial charge on any atom is 0.227 e. The molecular formula is C19H28N6O2. The van der Waals surface area contributed by atoms with Gasteiger partial charge in [-0.1, -0.05) is 5.16 Å². The molecule has 4 heterocycles. The molecule has 8 heteroatoms. The molecule has 2 fully saturated rings. The topological polar surface area (TPSA) is 70.8 Å². The minimum Gasteiger partial charge on any atom is -0.378 e. The highest BCUT2D eigenvalue weighted by Crippen LogP contribution is 2.22. The third-order valence-corrected chi connectivity index (χ3v) is 5.37. The Morgan fingerprint density at radius 1 is 1.26 bits per heavy atom. The number of hydrogen-bond acceptors (Lipinski definition) is 8. The lowest BCUT2D eigenvalue weighted by molar-refractivity contribution is 0.122. The molecule has 2 aromatic heterocycles. The van der Waals surface area contributed by atoms with Crippen LogP contribution in [0.25, 0.3) is 0 Å². The molecule has 1 atom stereocenters. The Kier molecular flexibility index (Phi) is 5.54. The van der Waals surface area contributed by atoms with Crippen molar-refractivity contribution in [1.82, 2.24) is 20.0 Å². The average Bonchev–Trinajstić information content (AvgIpc) is 3.13. The standard InChI is InChI=1S/C19H28N6O2/c1-15-12-16(22-27-15)13-24-7-3-4-17(14-24)23(2)18-5-6-20-19(21-18)25-8-10-26-11-9-25/h5-6,12,17H,3-4,7-11,13-14H2,1-2H3. The zero-order valence-electron chi connectivity index (χ0n) is 16.2. The molecule has 1 unspecified atom stereocenters. The van der Waals surface area contributed by atoms with Crippen molar-refractivity contribution in [3.05, 3.63) is 29.8 Å². The number of rotatable bonds is 5. The zero-order valence-corrected chi connectivity index (χ0v) is 16.2. The van der Waals surface area contributed by atoms with Crippen molar-refractivity contribution in [1.29, 1.82) is 0 Å². The summed E-state index contributed by atoms with van der Waals surface area (Å²) in [7, 11) is 2.14. The van der Waals surface area contributed by atoms with E-state index >= 15 is 0 Å². The maximum absolute atomic E-state index is 5.43. The fraction of sp³-hybridized carbons (Fsp3) is 0.632. The minimum absolute atomic E-state index is 0.430. The van der Waals surface area contributed by atoms with E-state index in [-0.39, 0.29) is 0 Å². The quantitative estimate of drug-likeness (QED) is 0.786. The number of aromatic nitrogens is 3. The highest BCUT2D eigenvalue weighted by Gasteiger charge is 2.25. The lowest BCUT2D eigenvalue weighted by Crippen LogP contribution is -2.46. The Hall–Kier alpha value is -2.19. The second-order valence-electron chi connectivity index (χ2n) is 7.39. The Labute approximate surface area is 160 Å². The van der Waals surface area contributed by atoms with Crippen LogP contribution in [0.4, 0.5) is 11.8 Å². The van der Waals surface area contributed by atoms with Crippen LogP contribution in [0.2, 0.25) is 0 Å². The van der Waals surface area contributed by atoms with E-state index in [0.717, 1.165) is 69.2 Å². The van der Waals surface area contributed by atoms with Gasteiger partial charge in [0.2, 0.25) is 5.95 Å². The van der Waals surface area contributed by atoms with Crippen molar-refractivity contribution < 1.29 is 9.26 Å². The highest BCUT2D eigenvalue weighted by molar-refractivity contribution is 5.44. The van der Waals surface area contributed by atoms with Gasteiger partial charge in [0.15, 0.2) is 0 Å². The molecule has 146 valence electrons. The largest absolute Gasteiger partial charge is 0.378 e. The van der Waals surface area contributed by atoms with E-state index in [1.165, 1.54) is 12.8 Å². The van der Waals surface area contributed by atoms with Gasteiger partial charge in [-0.15, -0.1) is 0 Å². The van der Waals surface area contributed by atoms with Gasteiger partial charge in [-0.25, -0.2) is 4.98 Å². The first-order chi connectivity index (χ1) is 13.2. The summed E-state index contributed by atoms with van der Waals surface area (Å²) >= 11 is 0. The van der Waals surface area contributed by atoms with E-state index in [1.807, 2.05) is 25.3 Å². The molecule has 2 aliphatic heterocycles. The number of likely N-dealkylation sites (tertiary alicyclic amines) is 1. The molecule has 8 nitrogen and oxygen atoms in total. The Balaban J connectivity index is 1.41. The average molecular weight is 372 g/mol. The lowest BCUT2D eigenvalue weighted by Gasteiger charge is -2.38. The van der Waals surface area contributed by atoms with Crippen molar-refractivity contribution in [2.75, 3.05) is 56.2 Å². The van der Waals surface area contributed by atoms with Gasteiger partial charge in [-0.3, -0.25) is 4.90 Å². The molecule has 0 spiro atoms. The van der Waals surface area contributed by atoms with Crippen LogP contribution in [0, 0.1) is 6.92 Å².